The Morgan fingerprint density at radius 3 is 2.53 bits per heavy atom. The van der Waals surface area contributed by atoms with Gasteiger partial charge in [0.15, 0.2) is 0 Å². The van der Waals surface area contributed by atoms with Gasteiger partial charge in [0.1, 0.15) is 0 Å². The van der Waals surface area contributed by atoms with Crippen LogP contribution in [0.5, 0.6) is 0 Å². The molecule has 1 aromatic heterocycles. The Kier molecular flexibility index (Phi) is 4.57. The van der Waals surface area contributed by atoms with Crippen LogP contribution in [0.2, 0.25) is 0 Å². The van der Waals surface area contributed by atoms with Gasteiger partial charge in [-0.1, -0.05) is 12.1 Å². The second kappa shape index (κ2) is 6.00. The van der Waals surface area contributed by atoms with E-state index in [4.69, 9.17) is 11.6 Å². The van der Waals surface area contributed by atoms with Gasteiger partial charge in [0.2, 0.25) is 10.0 Å². The van der Waals surface area contributed by atoms with Crippen molar-refractivity contribution in [1.29, 1.82) is 0 Å². The highest BCUT2D eigenvalue weighted by molar-refractivity contribution is 7.89. The van der Waals surface area contributed by atoms with Crippen LogP contribution in [0.3, 0.4) is 0 Å². The molecule has 2 rings (SSSR count). The fourth-order valence-electron chi connectivity index (χ4n) is 1.56. The molecule has 19 heavy (non-hydrogen) atoms. The molecule has 0 saturated carbocycles. The third kappa shape index (κ3) is 3.33. The standard InChI is InChI=1S/C12H13ClN2O2S2/c1-15(7-11-8-18-9-14-11)19(16,17)12-4-2-10(6-13)3-5-12/h2-5,8-9H,6-7H2,1H3. The molecule has 0 aliphatic heterocycles. The van der Waals surface area contributed by atoms with Crippen LogP contribution in [0.4, 0.5) is 0 Å². The minimum atomic E-state index is -3.49. The van der Waals surface area contributed by atoms with Crippen LogP contribution in [0, 0.1) is 0 Å². The third-order valence-corrected chi connectivity index (χ3v) is 5.42. The number of aromatic nitrogens is 1. The molecule has 1 aromatic carbocycles. The molecule has 0 amide bonds. The van der Waals surface area contributed by atoms with Gasteiger partial charge in [-0.05, 0) is 17.7 Å². The largest absolute Gasteiger partial charge is 0.248 e. The summed E-state index contributed by atoms with van der Waals surface area (Å²) in [5.74, 6) is 0.370. The molecule has 102 valence electrons. The maximum atomic E-state index is 12.3. The number of sulfonamides is 1. The van der Waals surface area contributed by atoms with E-state index in [9.17, 15) is 8.42 Å². The summed E-state index contributed by atoms with van der Waals surface area (Å²) < 4.78 is 25.9. The van der Waals surface area contributed by atoms with Crippen LogP contribution in [0.25, 0.3) is 0 Å². The number of hydrogen-bond acceptors (Lipinski definition) is 4. The lowest BCUT2D eigenvalue weighted by molar-refractivity contribution is 0.463. The maximum absolute atomic E-state index is 12.3. The van der Waals surface area contributed by atoms with Crippen LogP contribution < -0.4 is 0 Å². The van der Waals surface area contributed by atoms with Gasteiger partial charge in [-0.25, -0.2) is 13.4 Å². The number of alkyl halides is 1. The van der Waals surface area contributed by atoms with Crippen LogP contribution in [-0.2, 0) is 22.4 Å². The van der Waals surface area contributed by atoms with E-state index in [1.54, 1.807) is 36.8 Å². The van der Waals surface area contributed by atoms with E-state index in [0.29, 0.717) is 5.88 Å². The number of halogens is 1. The molecule has 0 fully saturated rings. The van der Waals surface area contributed by atoms with E-state index < -0.39 is 10.0 Å². The molecule has 1 heterocycles. The van der Waals surface area contributed by atoms with Crippen molar-refractivity contribution in [1.82, 2.24) is 9.29 Å². The van der Waals surface area contributed by atoms with Crippen molar-refractivity contribution >= 4 is 33.0 Å². The SMILES string of the molecule is CN(Cc1cscn1)S(=O)(=O)c1ccc(CCl)cc1. The molecule has 0 saturated heterocycles. The van der Waals surface area contributed by atoms with Crippen molar-refractivity contribution in [2.24, 2.45) is 0 Å². The molecule has 0 aliphatic rings. The summed E-state index contributed by atoms with van der Waals surface area (Å²) in [6.45, 7) is 0.267. The highest BCUT2D eigenvalue weighted by atomic mass is 35.5. The van der Waals surface area contributed by atoms with E-state index >= 15 is 0 Å². The van der Waals surface area contributed by atoms with E-state index in [-0.39, 0.29) is 11.4 Å². The predicted octanol–water partition coefficient (Wildman–Crippen LogP) is 2.70. The van der Waals surface area contributed by atoms with Gasteiger partial charge in [-0.3, -0.25) is 0 Å². The molecule has 0 atom stereocenters. The lowest BCUT2D eigenvalue weighted by atomic mass is 10.2. The zero-order valence-electron chi connectivity index (χ0n) is 10.3. The van der Waals surface area contributed by atoms with E-state index in [0.717, 1.165) is 11.3 Å². The lowest BCUT2D eigenvalue weighted by Gasteiger charge is -2.16. The molecule has 0 bridgehead atoms. The van der Waals surface area contributed by atoms with Crippen molar-refractivity contribution in [3.63, 3.8) is 0 Å². The van der Waals surface area contributed by atoms with Crippen molar-refractivity contribution in [2.45, 2.75) is 17.3 Å². The quantitative estimate of drug-likeness (QED) is 0.797. The van der Waals surface area contributed by atoms with Crippen LogP contribution in [-0.4, -0.2) is 24.8 Å². The smallest absolute Gasteiger partial charge is 0.243 e. The highest BCUT2D eigenvalue weighted by Crippen LogP contribution is 2.18. The van der Waals surface area contributed by atoms with Gasteiger partial charge in [-0.2, -0.15) is 4.31 Å². The van der Waals surface area contributed by atoms with Crippen molar-refractivity contribution in [2.75, 3.05) is 7.05 Å². The minimum Gasteiger partial charge on any atom is -0.248 e. The van der Waals surface area contributed by atoms with Gasteiger partial charge >= 0.3 is 0 Å². The average molecular weight is 317 g/mol. The summed E-state index contributed by atoms with van der Waals surface area (Å²) in [4.78, 5) is 4.35. The summed E-state index contributed by atoms with van der Waals surface area (Å²) in [6, 6.07) is 6.59. The molecule has 0 spiro atoms. The van der Waals surface area contributed by atoms with E-state index in [1.165, 1.54) is 15.6 Å². The first kappa shape index (κ1) is 14.5. The Morgan fingerprint density at radius 2 is 2.00 bits per heavy atom. The Bertz CT molecular complexity index is 624. The summed E-state index contributed by atoms with van der Waals surface area (Å²) in [5.41, 5.74) is 3.32. The fraction of sp³-hybridized carbons (Fsp3) is 0.250. The fourth-order valence-corrected chi connectivity index (χ4v) is 3.43. The van der Waals surface area contributed by atoms with E-state index in [1.807, 2.05) is 5.38 Å². The monoisotopic (exact) mass is 316 g/mol. The third-order valence-electron chi connectivity index (χ3n) is 2.65. The van der Waals surface area contributed by atoms with Gasteiger partial charge < -0.3 is 0 Å². The van der Waals surface area contributed by atoms with Gasteiger partial charge in [-0.15, -0.1) is 22.9 Å². The van der Waals surface area contributed by atoms with Gasteiger partial charge in [0.25, 0.3) is 0 Å². The zero-order valence-corrected chi connectivity index (χ0v) is 12.7. The van der Waals surface area contributed by atoms with Crippen molar-refractivity contribution in [3.05, 3.63) is 46.4 Å². The minimum absolute atomic E-state index is 0.263. The lowest BCUT2D eigenvalue weighted by Crippen LogP contribution is -2.26. The van der Waals surface area contributed by atoms with Crippen LogP contribution in [0.1, 0.15) is 11.3 Å². The highest BCUT2D eigenvalue weighted by Gasteiger charge is 2.21. The number of hydrogen-bond donors (Lipinski definition) is 0. The molecule has 0 radical (unpaired) electrons. The molecule has 4 nitrogen and oxygen atoms in total. The second-order valence-corrected chi connectivity index (χ2v) is 7.05. The number of rotatable bonds is 5. The number of nitrogens with zero attached hydrogens (tertiary/aromatic N) is 2. The molecule has 0 aliphatic carbocycles. The first-order valence-corrected chi connectivity index (χ1v) is 8.44. The first-order valence-electron chi connectivity index (χ1n) is 5.52. The molecule has 2 aromatic rings. The molecular weight excluding hydrogens is 304 g/mol. The number of benzene rings is 1. The Labute approximate surface area is 121 Å². The van der Waals surface area contributed by atoms with Crippen LogP contribution >= 0.6 is 22.9 Å². The topological polar surface area (TPSA) is 50.3 Å². The molecule has 0 unspecified atom stereocenters. The zero-order chi connectivity index (χ0) is 13.9. The van der Waals surface area contributed by atoms with Gasteiger partial charge in [0.05, 0.1) is 22.6 Å². The van der Waals surface area contributed by atoms with Crippen molar-refractivity contribution in [3.8, 4) is 0 Å². The van der Waals surface area contributed by atoms with Gasteiger partial charge in [0, 0.05) is 18.3 Å². The molecular formula is C12H13ClN2O2S2. The molecule has 0 N–H and O–H groups in total. The first-order chi connectivity index (χ1) is 9.04. The summed E-state index contributed by atoms with van der Waals surface area (Å²) in [7, 11) is -1.94. The summed E-state index contributed by atoms with van der Waals surface area (Å²) in [6.07, 6.45) is 0. The Morgan fingerprint density at radius 1 is 1.32 bits per heavy atom. The molecule has 7 heteroatoms. The predicted molar refractivity (Wildman–Crippen MR) is 76.8 cm³/mol. The number of thiazole rings is 1. The van der Waals surface area contributed by atoms with Crippen LogP contribution in [0.15, 0.2) is 40.1 Å². The normalized spacial score (nSPS) is 11.9. The van der Waals surface area contributed by atoms with E-state index in [2.05, 4.69) is 4.98 Å². The summed E-state index contributed by atoms with van der Waals surface area (Å²) in [5, 5.41) is 1.84. The Hall–Kier alpha value is -0.950. The second-order valence-electron chi connectivity index (χ2n) is 4.02. The summed E-state index contributed by atoms with van der Waals surface area (Å²) >= 11 is 7.13. The van der Waals surface area contributed by atoms with Crippen molar-refractivity contribution < 1.29 is 8.42 Å². The average Bonchev–Trinajstić information content (AvgIpc) is 2.91. The maximum Gasteiger partial charge on any atom is 0.243 e. The Balaban J connectivity index is 2.20.